The van der Waals surface area contributed by atoms with Crippen LogP contribution in [0.4, 0.5) is 0 Å². The maximum atomic E-state index is 10.6. The average Bonchev–Trinajstić information content (AvgIpc) is 1.96. The number of aliphatic hydroxyl groups is 1. The van der Waals surface area contributed by atoms with E-state index in [-0.39, 0.29) is 5.41 Å². The zero-order chi connectivity index (χ0) is 12.4. The van der Waals surface area contributed by atoms with Crippen LogP contribution in [0, 0.1) is 17.3 Å². The first-order valence-electron chi connectivity index (χ1n) is 6.66. The molecule has 0 heterocycles. The van der Waals surface area contributed by atoms with Crippen LogP contribution in [-0.2, 0) is 0 Å². The number of hydrogen-bond donors (Lipinski definition) is 2. The Balaban J connectivity index is 2.48. The van der Waals surface area contributed by atoms with E-state index >= 15 is 0 Å². The molecule has 0 saturated heterocycles. The molecule has 0 amide bonds. The fraction of sp³-hybridized carbons (Fsp3) is 1.00. The Morgan fingerprint density at radius 2 is 1.94 bits per heavy atom. The van der Waals surface area contributed by atoms with E-state index in [1.807, 2.05) is 0 Å². The molecule has 1 aliphatic carbocycles. The van der Waals surface area contributed by atoms with E-state index < -0.39 is 5.60 Å². The average molecular weight is 227 g/mol. The predicted octanol–water partition coefficient (Wildman–Crippen LogP) is 2.81. The zero-order valence-electron chi connectivity index (χ0n) is 11.6. The Morgan fingerprint density at radius 3 is 2.44 bits per heavy atom. The van der Waals surface area contributed by atoms with Gasteiger partial charge in [-0.25, -0.2) is 0 Å². The third-order valence-electron chi connectivity index (χ3n) is 3.44. The van der Waals surface area contributed by atoms with E-state index in [0.29, 0.717) is 11.8 Å². The van der Waals surface area contributed by atoms with Gasteiger partial charge in [-0.15, -0.1) is 0 Å². The highest BCUT2D eigenvalue weighted by Gasteiger charge is 2.41. The minimum absolute atomic E-state index is 0.284. The molecule has 0 aromatic heterocycles. The molecular weight excluding hydrogens is 198 g/mol. The smallest absolute Gasteiger partial charge is 0.0779 e. The molecular formula is C14H29NO. The second-order valence-corrected chi connectivity index (χ2v) is 7.10. The highest BCUT2D eigenvalue weighted by molar-refractivity contribution is 4.94. The lowest BCUT2D eigenvalue weighted by Crippen LogP contribution is -2.49. The Morgan fingerprint density at radius 1 is 1.31 bits per heavy atom. The third kappa shape index (κ3) is 4.42. The maximum absolute atomic E-state index is 10.6. The normalized spacial score (nSPS) is 34.3. The summed E-state index contributed by atoms with van der Waals surface area (Å²) in [5.41, 5.74) is -0.206. The summed E-state index contributed by atoms with van der Waals surface area (Å²) in [6.07, 6.45) is 3.11. The van der Waals surface area contributed by atoms with Crippen LogP contribution in [0.25, 0.3) is 0 Å². The van der Waals surface area contributed by atoms with E-state index in [2.05, 4.69) is 39.9 Å². The van der Waals surface area contributed by atoms with Crippen molar-refractivity contribution in [3.8, 4) is 0 Å². The van der Waals surface area contributed by atoms with Crippen LogP contribution in [0.2, 0.25) is 0 Å². The molecule has 0 radical (unpaired) electrons. The van der Waals surface area contributed by atoms with Crippen molar-refractivity contribution >= 4 is 0 Å². The van der Waals surface area contributed by atoms with Gasteiger partial charge >= 0.3 is 0 Å². The van der Waals surface area contributed by atoms with Crippen LogP contribution in [-0.4, -0.2) is 23.8 Å². The summed E-state index contributed by atoms with van der Waals surface area (Å²) in [5.74, 6) is 1.28. The first-order valence-corrected chi connectivity index (χ1v) is 6.66. The molecule has 0 aromatic carbocycles. The molecule has 2 heteroatoms. The number of rotatable bonds is 4. The highest BCUT2D eigenvalue weighted by atomic mass is 16.3. The van der Waals surface area contributed by atoms with Gasteiger partial charge in [-0.05, 0) is 43.1 Å². The fourth-order valence-electron chi connectivity index (χ4n) is 3.43. The second kappa shape index (κ2) is 5.05. The summed E-state index contributed by atoms with van der Waals surface area (Å²) in [7, 11) is 0. The first-order chi connectivity index (χ1) is 7.22. The Kier molecular flexibility index (Phi) is 4.42. The summed E-state index contributed by atoms with van der Waals surface area (Å²) < 4.78 is 0. The molecule has 16 heavy (non-hydrogen) atoms. The SMILES string of the molecule is CC(C)CNCC1(O)CC(C)CC(C)(C)C1. The van der Waals surface area contributed by atoms with Crippen molar-refractivity contribution in [2.75, 3.05) is 13.1 Å². The monoisotopic (exact) mass is 227 g/mol. The van der Waals surface area contributed by atoms with Crippen molar-refractivity contribution in [3.05, 3.63) is 0 Å². The van der Waals surface area contributed by atoms with Gasteiger partial charge in [0.25, 0.3) is 0 Å². The zero-order valence-corrected chi connectivity index (χ0v) is 11.6. The molecule has 1 saturated carbocycles. The Hall–Kier alpha value is -0.0800. The van der Waals surface area contributed by atoms with Gasteiger partial charge in [0.2, 0.25) is 0 Å². The summed E-state index contributed by atoms with van der Waals surface area (Å²) in [6, 6.07) is 0. The van der Waals surface area contributed by atoms with Crippen LogP contribution >= 0.6 is 0 Å². The third-order valence-corrected chi connectivity index (χ3v) is 3.44. The van der Waals surface area contributed by atoms with Crippen molar-refractivity contribution < 1.29 is 5.11 Å². The molecule has 1 aliphatic rings. The van der Waals surface area contributed by atoms with Gasteiger partial charge in [0.1, 0.15) is 0 Å². The van der Waals surface area contributed by atoms with E-state index in [9.17, 15) is 5.11 Å². The van der Waals surface area contributed by atoms with Crippen LogP contribution < -0.4 is 5.32 Å². The highest BCUT2D eigenvalue weighted by Crippen LogP contribution is 2.43. The maximum Gasteiger partial charge on any atom is 0.0779 e. The first kappa shape index (κ1) is 14.0. The van der Waals surface area contributed by atoms with Gasteiger partial charge in [-0.1, -0.05) is 34.6 Å². The Labute approximate surface area is 101 Å². The largest absolute Gasteiger partial charge is 0.389 e. The standard InChI is InChI=1S/C14H29NO/c1-11(2)8-15-10-14(16)7-12(3)6-13(4,5)9-14/h11-12,15-16H,6-10H2,1-5H3. The van der Waals surface area contributed by atoms with Crippen molar-refractivity contribution in [2.24, 2.45) is 17.3 Å². The van der Waals surface area contributed by atoms with Crippen molar-refractivity contribution in [2.45, 2.75) is 59.5 Å². The lowest BCUT2D eigenvalue weighted by Gasteiger charge is -2.44. The molecule has 2 nitrogen and oxygen atoms in total. The van der Waals surface area contributed by atoms with Gasteiger partial charge in [0.05, 0.1) is 5.60 Å². The molecule has 0 bridgehead atoms. The van der Waals surface area contributed by atoms with Crippen LogP contribution in [0.1, 0.15) is 53.9 Å². The van der Waals surface area contributed by atoms with Crippen LogP contribution in [0.15, 0.2) is 0 Å². The molecule has 2 atom stereocenters. The Bertz CT molecular complexity index is 225. The topological polar surface area (TPSA) is 32.3 Å². The molecule has 0 aromatic rings. The fourth-order valence-corrected chi connectivity index (χ4v) is 3.43. The van der Waals surface area contributed by atoms with Crippen LogP contribution in [0.5, 0.6) is 0 Å². The molecule has 1 fully saturated rings. The molecule has 2 unspecified atom stereocenters. The van der Waals surface area contributed by atoms with Gasteiger partial charge in [-0.3, -0.25) is 0 Å². The summed E-state index contributed by atoms with van der Waals surface area (Å²) in [5, 5.41) is 14.0. The van der Waals surface area contributed by atoms with Gasteiger partial charge in [-0.2, -0.15) is 0 Å². The van der Waals surface area contributed by atoms with Crippen molar-refractivity contribution in [3.63, 3.8) is 0 Å². The van der Waals surface area contributed by atoms with Gasteiger partial charge in [0.15, 0.2) is 0 Å². The quantitative estimate of drug-likeness (QED) is 0.774. The second-order valence-electron chi connectivity index (χ2n) is 7.10. The number of nitrogens with one attached hydrogen (secondary N) is 1. The summed E-state index contributed by atoms with van der Waals surface area (Å²) >= 11 is 0. The van der Waals surface area contributed by atoms with E-state index in [0.717, 1.165) is 25.9 Å². The summed E-state index contributed by atoms with van der Waals surface area (Å²) in [4.78, 5) is 0. The molecule has 96 valence electrons. The molecule has 1 rings (SSSR count). The minimum atomic E-state index is -0.490. The van der Waals surface area contributed by atoms with E-state index in [4.69, 9.17) is 0 Å². The van der Waals surface area contributed by atoms with Crippen molar-refractivity contribution in [1.29, 1.82) is 0 Å². The van der Waals surface area contributed by atoms with Crippen LogP contribution in [0.3, 0.4) is 0 Å². The predicted molar refractivity (Wildman–Crippen MR) is 69.5 cm³/mol. The summed E-state index contributed by atoms with van der Waals surface area (Å²) in [6.45, 7) is 12.9. The van der Waals surface area contributed by atoms with Gasteiger partial charge < -0.3 is 10.4 Å². The van der Waals surface area contributed by atoms with Gasteiger partial charge in [0, 0.05) is 6.54 Å². The minimum Gasteiger partial charge on any atom is -0.389 e. The van der Waals surface area contributed by atoms with E-state index in [1.165, 1.54) is 6.42 Å². The molecule has 0 aliphatic heterocycles. The lowest BCUT2D eigenvalue weighted by molar-refractivity contribution is -0.0564. The number of hydrogen-bond acceptors (Lipinski definition) is 2. The lowest BCUT2D eigenvalue weighted by atomic mass is 9.66. The molecule has 0 spiro atoms. The molecule has 2 N–H and O–H groups in total. The van der Waals surface area contributed by atoms with E-state index in [1.54, 1.807) is 0 Å². The van der Waals surface area contributed by atoms with Crippen molar-refractivity contribution in [1.82, 2.24) is 5.32 Å².